The summed E-state index contributed by atoms with van der Waals surface area (Å²) in [6.07, 6.45) is 4.58. The van der Waals surface area contributed by atoms with Gasteiger partial charge in [0.2, 0.25) is 0 Å². The first kappa shape index (κ1) is 10.7. The molecular weight excluding hydrogens is 216 g/mol. The van der Waals surface area contributed by atoms with Gasteiger partial charge in [0.15, 0.2) is 0 Å². The number of nitro benzene ring substituents is 1. The predicted octanol–water partition coefficient (Wildman–Crippen LogP) is 2.06. The summed E-state index contributed by atoms with van der Waals surface area (Å²) in [7, 11) is 0. The molecule has 1 saturated heterocycles. The number of hydrogen-bond acceptors (Lipinski definition) is 3. The molecule has 3 rings (SSSR count). The van der Waals surface area contributed by atoms with E-state index in [2.05, 4.69) is 5.32 Å². The normalized spacial score (nSPS) is 27.1. The molecule has 17 heavy (non-hydrogen) atoms. The molecule has 1 aliphatic carbocycles. The Hall–Kier alpha value is -1.42. The third kappa shape index (κ3) is 1.93. The smallest absolute Gasteiger partial charge is 0.269 e. The molecule has 1 heterocycles. The number of non-ortho nitro benzene ring substituents is 1. The van der Waals surface area contributed by atoms with Crippen molar-refractivity contribution in [1.82, 2.24) is 5.32 Å². The van der Waals surface area contributed by atoms with Crippen LogP contribution in [0.2, 0.25) is 0 Å². The lowest BCUT2D eigenvalue weighted by atomic mass is 9.95. The number of benzene rings is 1. The molecule has 4 nitrogen and oxygen atoms in total. The fourth-order valence-electron chi connectivity index (χ4n) is 3.15. The minimum absolute atomic E-state index is 0.226. The molecule has 0 spiro atoms. The van der Waals surface area contributed by atoms with Crippen molar-refractivity contribution in [2.24, 2.45) is 5.92 Å². The quantitative estimate of drug-likeness (QED) is 0.627. The molecule has 0 amide bonds. The van der Waals surface area contributed by atoms with Crippen LogP contribution in [-0.4, -0.2) is 17.5 Å². The molecule has 90 valence electrons. The van der Waals surface area contributed by atoms with E-state index in [4.69, 9.17) is 0 Å². The third-order valence-corrected chi connectivity index (χ3v) is 4.03. The van der Waals surface area contributed by atoms with Gasteiger partial charge >= 0.3 is 0 Å². The number of nitro groups is 1. The van der Waals surface area contributed by atoms with E-state index >= 15 is 0 Å². The van der Waals surface area contributed by atoms with Crippen molar-refractivity contribution >= 4 is 5.69 Å². The molecule has 2 atom stereocenters. The van der Waals surface area contributed by atoms with Crippen LogP contribution in [0.3, 0.4) is 0 Å². The second-order valence-electron chi connectivity index (χ2n) is 5.08. The maximum Gasteiger partial charge on any atom is 0.269 e. The molecule has 0 bridgehead atoms. The summed E-state index contributed by atoms with van der Waals surface area (Å²) < 4.78 is 0. The van der Waals surface area contributed by atoms with Crippen molar-refractivity contribution < 1.29 is 4.92 Å². The van der Waals surface area contributed by atoms with Gasteiger partial charge in [-0.3, -0.25) is 10.1 Å². The summed E-state index contributed by atoms with van der Waals surface area (Å²) in [5.41, 5.74) is 2.70. The minimum Gasteiger partial charge on any atom is -0.314 e. The molecule has 1 aromatic carbocycles. The average Bonchev–Trinajstić information content (AvgIpc) is 2.96. The van der Waals surface area contributed by atoms with Crippen LogP contribution in [0.25, 0.3) is 0 Å². The Kier molecular flexibility index (Phi) is 2.59. The van der Waals surface area contributed by atoms with Crippen molar-refractivity contribution in [3.63, 3.8) is 0 Å². The van der Waals surface area contributed by atoms with E-state index in [1.54, 1.807) is 12.1 Å². The van der Waals surface area contributed by atoms with Gasteiger partial charge < -0.3 is 5.32 Å². The molecule has 1 aromatic rings. The first-order valence-electron chi connectivity index (χ1n) is 6.23. The Morgan fingerprint density at radius 1 is 1.29 bits per heavy atom. The Balaban J connectivity index is 1.80. The van der Waals surface area contributed by atoms with E-state index in [9.17, 15) is 10.1 Å². The fraction of sp³-hybridized carbons (Fsp3) is 0.538. The number of nitrogens with one attached hydrogen (secondary N) is 1. The molecule has 2 aliphatic rings. The molecule has 0 aromatic heterocycles. The van der Waals surface area contributed by atoms with Gasteiger partial charge in [-0.25, -0.2) is 0 Å². The SMILES string of the molecule is O=[N+]([O-])c1ccc2c(c1)CC(C1CCCN1)C2. The van der Waals surface area contributed by atoms with Gasteiger partial charge in [0, 0.05) is 18.2 Å². The predicted molar refractivity (Wildman–Crippen MR) is 65.0 cm³/mol. The summed E-state index contributed by atoms with van der Waals surface area (Å²) >= 11 is 0. The lowest BCUT2D eigenvalue weighted by molar-refractivity contribution is -0.384. The zero-order chi connectivity index (χ0) is 11.8. The van der Waals surface area contributed by atoms with Crippen molar-refractivity contribution in [2.45, 2.75) is 31.7 Å². The molecule has 2 unspecified atom stereocenters. The Bertz CT molecular complexity index is 453. The van der Waals surface area contributed by atoms with Gasteiger partial charge in [-0.05, 0) is 49.3 Å². The summed E-state index contributed by atoms with van der Waals surface area (Å²) in [6, 6.07) is 5.93. The van der Waals surface area contributed by atoms with Crippen LogP contribution >= 0.6 is 0 Å². The lowest BCUT2D eigenvalue weighted by Gasteiger charge is -2.17. The van der Waals surface area contributed by atoms with E-state index in [0.29, 0.717) is 12.0 Å². The Morgan fingerprint density at radius 2 is 2.12 bits per heavy atom. The number of rotatable bonds is 2. The molecule has 1 N–H and O–H groups in total. The van der Waals surface area contributed by atoms with Gasteiger partial charge in [-0.15, -0.1) is 0 Å². The monoisotopic (exact) mass is 232 g/mol. The summed E-state index contributed by atoms with van der Waals surface area (Å²) in [5.74, 6) is 0.634. The standard InChI is InChI=1S/C13H16N2O2/c16-15(17)12-4-3-9-6-11(7-10(9)8-12)13-2-1-5-14-13/h3-4,8,11,13-14H,1-2,5-7H2. The number of nitrogens with zero attached hydrogens (tertiary/aromatic N) is 1. The van der Waals surface area contributed by atoms with E-state index in [0.717, 1.165) is 19.4 Å². The largest absolute Gasteiger partial charge is 0.314 e. The number of fused-ring (bicyclic) bond motifs is 1. The average molecular weight is 232 g/mol. The first-order chi connectivity index (χ1) is 8.24. The van der Waals surface area contributed by atoms with Crippen LogP contribution < -0.4 is 5.32 Å². The maximum absolute atomic E-state index is 10.7. The van der Waals surface area contributed by atoms with Gasteiger partial charge in [-0.2, -0.15) is 0 Å². The maximum atomic E-state index is 10.7. The van der Waals surface area contributed by atoms with Crippen LogP contribution in [0, 0.1) is 16.0 Å². The topological polar surface area (TPSA) is 55.2 Å². The van der Waals surface area contributed by atoms with Crippen LogP contribution in [0.1, 0.15) is 24.0 Å². The molecule has 4 heteroatoms. The van der Waals surface area contributed by atoms with Gasteiger partial charge in [-0.1, -0.05) is 6.07 Å². The zero-order valence-electron chi connectivity index (χ0n) is 9.69. The van der Waals surface area contributed by atoms with Crippen molar-refractivity contribution in [3.8, 4) is 0 Å². The van der Waals surface area contributed by atoms with Gasteiger partial charge in [0.05, 0.1) is 4.92 Å². The highest BCUT2D eigenvalue weighted by Crippen LogP contribution is 2.33. The first-order valence-corrected chi connectivity index (χ1v) is 6.23. The molecule has 1 aliphatic heterocycles. The Labute approximate surface area is 100 Å². The van der Waals surface area contributed by atoms with E-state index in [-0.39, 0.29) is 10.6 Å². The van der Waals surface area contributed by atoms with Crippen LogP contribution in [-0.2, 0) is 12.8 Å². The second kappa shape index (κ2) is 4.11. The second-order valence-corrected chi connectivity index (χ2v) is 5.08. The van der Waals surface area contributed by atoms with Crippen molar-refractivity contribution in [2.75, 3.05) is 6.54 Å². The fourth-order valence-corrected chi connectivity index (χ4v) is 3.15. The van der Waals surface area contributed by atoms with Crippen LogP contribution in [0.5, 0.6) is 0 Å². The molecule has 0 radical (unpaired) electrons. The van der Waals surface area contributed by atoms with E-state index in [1.807, 2.05) is 6.07 Å². The van der Waals surface area contributed by atoms with Gasteiger partial charge in [0.25, 0.3) is 5.69 Å². The van der Waals surface area contributed by atoms with Crippen LogP contribution in [0.15, 0.2) is 18.2 Å². The van der Waals surface area contributed by atoms with Crippen molar-refractivity contribution in [3.05, 3.63) is 39.4 Å². The summed E-state index contributed by atoms with van der Waals surface area (Å²) in [6.45, 7) is 1.12. The highest BCUT2D eigenvalue weighted by Gasteiger charge is 2.31. The molecule has 0 saturated carbocycles. The Morgan fingerprint density at radius 3 is 2.82 bits per heavy atom. The zero-order valence-corrected chi connectivity index (χ0v) is 9.69. The number of hydrogen-bond donors (Lipinski definition) is 1. The minimum atomic E-state index is -0.304. The van der Waals surface area contributed by atoms with Crippen LogP contribution in [0.4, 0.5) is 5.69 Å². The molecule has 1 fully saturated rings. The summed E-state index contributed by atoms with van der Waals surface area (Å²) in [5, 5.41) is 14.3. The molecular formula is C13H16N2O2. The van der Waals surface area contributed by atoms with E-state index in [1.165, 1.54) is 24.0 Å². The van der Waals surface area contributed by atoms with Crippen molar-refractivity contribution in [1.29, 1.82) is 0 Å². The van der Waals surface area contributed by atoms with Gasteiger partial charge in [0.1, 0.15) is 0 Å². The lowest BCUT2D eigenvalue weighted by Crippen LogP contribution is -2.30. The highest BCUT2D eigenvalue weighted by atomic mass is 16.6. The van der Waals surface area contributed by atoms with E-state index < -0.39 is 0 Å². The summed E-state index contributed by atoms with van der Waals surface area (Å²) in [4.78, 5) is 10.4. The highest BCUT2D eigenvalue weighted by molar-refractivity contribution is 5.43. The third-order valence-electron chi connectivity index (χ3n) is 4.03.